The number of allylic oxidation sites excluding steroid dienone is 14. The van der Waals surface area contributed by atoms with Crippen LogP contribution in [0.1, 0.15) is 181 Å². The number of carbonyl (C=O) groups is 2. The summed E-state index contributed by atoms with van der Waals surface area (Å²) in [5.41, 5.74) is 0. The van der Waals surface area contributed by atoms with Crippen LogP contribution in [0.15, 0.2) is 85.1 Å². The quantitative estimate of drug-likeness (QED) is 0.0240. The Morgan fingerprint density at radius 1 is 0.542 bits per heavy atom. The normalized spacial score (nSPS) is 14.0. The van der Waals surface area contributed by atoms with Crippen molar-refractivity contribution < 1.29 is 37.9 Å². The number of aliphatic hydroxyl groups excluding tert-OH is 1. The number of phosphoric ester groups is 1. The smallest absolute Gasteiger partial charge is 0.463 e. The Bertz CT molecular complexity index is 1240. The molecule has 0 bridgehead atoms. The van der Waals surface area contributed by atoms with Gasteiger partial charge in [0, 0.05) is 19.4 Å². The zero-order chi connectivity index (χ0) is 43.2. The highest BCUT2D eigenvalue weighted by Crippen LogP contribution is 2.42. The maximum absolute atomic E-state index is 12.1. The third-order valence-electron chi connectivity index (χ3n) is 9.31. The molecule has 0 aromatic rings. The standard InChI is InChI=1S/C49H84NO8P/c1-3-5-7-9-11-13-15-17-19-21-22-23-24-26-28-30-32-34-36-38-40-42-49(53)56-45-47(51)46-58-59(54,55)57-44-43-50-48(52)41-39-37-35-33-31-29-27-25-20-18-16-14-12-10-8-6-4-2/h5,7,11,13,17-20,22-23,26,28,32,34,47,51H,3-4,6,8-10,12,14-16,21,24-25,27,29-31,33,35-46H2,1-2H3,(H,50,52)(H,54,55)/b7-5-,13-11-,19-17-,20-18-,23-22-,28-26-,34-32-. The summed E-state index contributed by atoms with van der Waals surface area (Å²) >= 11 is 0. The van der Waals surface area contributed by atoms with Gasteiger partial charge in [0.25, 0.3) is 0 Å². The van der Waals surface area contributed by atoms with Crippen molar-refractivity contribution in [2.75, 3.05) is 26.4 Å². The van der Waals surface area contributed by atoms with Gasteiger partial charge < -0.3 is 20.1 Å². The number of carbonyl (C=O) groups excluding carboxylic acids is 2. The van der Waals surface area contributed by atoms with Gasteiger partial charge in [-0.05, 0) is 89.9 Å². The second-order valence-corrected chi connectivity index (χ2v) is 16.4. The van der Waals surface area contributed by atoms with Gasteiger partial charge >= 0.3 is 13.8 Å². The molecule has 0 rings (SSSR count). The molecule has 9 nitrogen and oxygen atoms in total. The lowest BCUT2D eigenvalue weighted by Gasteiger charge is -2.15. The van der Waals surface area contributed by atoms with Crippen molar-refractivity contribution in [3.05, 3.63) is 85.1 Å². The molecule has 3 N–H and O–H groups in total. The number of ether oxygens (including phenoxy) is 1. The Labute approximate surface area is 360 Å². The first-order valence-electron chi connectivity index (χ1n) is 23.1. The third-order valence-corrected chi connectivity index (χ3v) is 10.3. The predicted octanol–water partition coefficient (Wildman–Crippen LogP) is 13.2. The van der Waals surface area contributed by atoms with Gasteiger partial charge in [0.1, 0.15) is 12.7 Å². The molecule has 0 heterocycles. The maximum atomic E-state index is 12.1. The molecular formula is C49H84NO8P. The molecule has 0 aliphatic carbocycles. The summed E-state index contributed by atoms with van der Waals surface area (Å²) in [7, 11) is -4.44. The molecule has 1 amide bonds. The lowest BCUT2D eigenvalue weighted by Crippen LogP contribution is -2.27. The van der Waals surface area contributed by atoms with Crippen LogP contribution in [0.5, 0.6) is 0 Å². The van der Waals surface area contributed by atoms with E-state index in [-0.39, 0.29) is 32.1 Å². The molecule has 10 heteroatoms. The van der Waals surface area contributed by atoms with E-state index in [1.807, 2.05) is 0 Å². The number of esters is 1. The second kappa shape index (κ2) is 44.7. The van der Waals surface area contributed by atoms with Gasteiger partial charge in [-0.2, -0.15) is 0 Å². The van der Waals surface area contributed by atoms with Gasteiger partial charge in [-0.1, -0.05) is 163 Å². The fraction of sp³-hybridized carbons (Fsp3) is 0.673. The molecule has 0 aromatic heterocycles. The zero-order valence-electron chi connectivity index (χ0n) is 37.2. The Morgan fingerprint density at radius 3 is 1.49 bits per heavy atom. The average molecular weight is 846 g/mol. The number of rotatable bonds is 42. The lowest BCUT2D eigenvalue weighted by atomic mass is 10.1. The minimum atomic E-state index is -4.44. The Morgan fingerprint density at radius 2 is 0.966 bits per heavy atom. The van der Waals surface area contributed by atoms with Gasteiger partial charge in [-0.15, -0.1) is 0 Å². The fourth-order valence-electron chi connectivity index (χ4n) is 5.85. The van der Waals surface area contributed by atoms with Gasteiger partial charge in [-0.3, -0.25) is 18.6 Å². The molecular weight excluding hydrogens is 762 g/mol. The highest BCUT2D eigenvalue weighted by atomic mass is 31.2. The first-order valence-corrected chi connectivity index (χ1v) is 24.6. The zero-order valence-corrected chi connectivity index (χ0v) is 38.1. The van der Waals surface area contributed by atoms with Crippen LogP contribution < -0.4 is 5.32 Å². The Balaban J connectivity index is 3.69. The highest BCUT2D eigenvalue weighted by Gasteiger charge is 2.23. The number of aliphatic hydroxyl groups is 1. The maximum Gasteiger partial charge on any atom is 0.472 e. The number of hydrogen-bond acceptors (Lipinski definition) is 7. The van der Waals surface area contributed by atoms with E-state index in [0.29, 0.717) is 12.8 Å². The average Bonchev–Trinajstić information content (AvgIpc) is 3.22. The SMILES string of the molecule is CC/C=C\C/C=C\C/C=C\C/C=C\C/C=C\C/C=C\CCCCC(=O)OCC(O)COP(=O)(O)OCCNC(=O)CCCCCCCCC/C=C\CCCCCCCC. The van der Waals surface area contributed by atoms with Crippen LogP contribution in [0.2, 0.25) is 0 Å². The van der Waals surface area contributed by atoms with E-state index in [0.717, 1.165) is 70.6 Å². The van der Waals surface area contributed by atoms with E-state index in [1.165, 1.54) is 77.0 Å². The van der Waals surface area contributed by atoms with E-state index in [2.05, 4.69) is 104 Å². The molecule has 0 spiro atoms. The molecule has 0 aliphatic heterocycles. The van der Waals surface area contributed by atoms with Gasteiger partial charge in [0.05, 0.1) is 13.2 Å². The van der Waals surface area contributed by atoms with Crippen molar-refractivity contribution in [3.8, 4) is 0 Å². The lowest BCUT2D eigenvalue weighted by molar-refractivity contribution is -0.147. The molecule has 2 atom stereocenters. The molecule has 0 saturated heterocycles. The van der Waals surface area contributed by atoms with Crippen LogP contribution >= 0.6 is 7.82 Å². The van der Waals surface area contributed by atoms with Gasteiger partial charge in [0.15, 0.2) is 0 Å². The summed E-state index contributed by atoms with van der Waals surface area (Å²) in [6.07, 6.45) is 56.6. The summed E-state index contributed by atoms with van der Waals surface area (Å²) in [6.45, 7) is 3.37. The van der Waals surface area contributed by atoms with Crippen molar-refractivity contribution in [1.82, 2.24) is 5.32 Å². The van der Waals surface area contributed by atoms with Crippen molar-refractivity contribution in [3.63, 3.8) is 0 Å². The summed E-state index contributed by atoms with van der Waals surface area (Å²) < 4.78 is 26.9. The van der Waals surface area contributed by atoms with Gasteiger partial charge in [-0.25, -0.2) is 4.57 Å². The monoisotopic (exact) mass is 846 g/mol. The number of amides is 1. The van der Waals surface area contributed by atoms with Crippen molar-refractivity contribution in [2.45, 2.75) is 187 Å². The van der Waals surface area contributed by atoms with E-state index >= 15 is 0 Å². The summed E-state index contributed by atoms with van der Waals surface area (Å²) in [5.74, 6) is -0.570. The predicted molar refractivity (Wildman–Crippen MR) is 247 cm³/mol. The van der Waals surface area contributed by atoms with Crippen LogP contribution in [-0.2, 0) is 27.9 Å². The minimum absolute atomic E-state index is 0.0698. The molecule has 2 unspecified atom stereocenters. The number of phosphoric acid groups is 1. The first-order chi connectivity index (χ1) is 28.8. The molecule has 0 fully saturated rings. The number of hydrogen-bond donors (Lipinski definition) is 3. The van der Waals surface area contributed by atoms with Crippen molar-refractivity contribution >= 4 is 19.7 Å². The molecule has 0 saturated carbocycles. The topological polar surface area (TPSA) is 131 Å². The second-order valence-electron chi connectivity index (χ2n) is 15.0. The van der Waals surface area contributed by atoms with E-state index in [1.54, 1.807) is 0 Å². The third kappa shape index (κ3) is 46.1. The van der Waals surface area contributed by atoms with Crippen molar-refractivity contribution in [2.24, 2.45) is 0 Å². The molecule has 0 aliphatic rings. The molecule has 338 valence electrons. The van der Waals surface area contributed by atoms with Crippen LogP contribution in [0.3, 0.4) is 0 Å². The molecule has 0 aromatic carbocycles. The van der Waals surface area contributed by atoms with E-state index in [4.69, 9.17) is 13.8 Å². The molecule has 0 radical (unpaired) electrons. The molecule has 59 heavy (non-hydrogen) atoms. The minimum Gasteiger partial charge on any atom is -0.463 e. The largest absolute Gasteiger partial charge is 0.472 e. The van der Waals surface area contributed by atoms with Crippen LogP contribution in [0.4, 0.5) is 0 Å². The van der Waals surface area contributed by atoms with Crippen LogP contribution in [0, 0.1) is 0 Å². The van der Waals surface area contributed by atoms with Gasteiger partial charge in [0.2, 0.25) is 5.91 Å². The number of unbranched alkanes of at least 4 members (excludes halogenated alkanes) is 15. The summed E-state index contributed by atoms with van der Waals surface area (Å²) in [6, 6.07) is 0. The van der Waals surface area contributed by atoms with Crippen LogP contribution in [-0.4, -0.2) is 54.3 Å². The van der Waals surface area contributed by atoms with Crippen LogP contribution in [0.25, 0.3) is 0 Å². The summed E-state index contributed by atoms with van der Waals surface area (Å²) in [5, 5.41) is 12.7. The highest BCUT2D eigenvalue weighted by molar-refractivity contribution is 7.47. The Hall–Kier alpha value is -2.81. The number of nitrogens with one attached hydrogen (secondary N) is 1. The fourth-order valence-corrected chi connectivity index (χ4v) is 6.60. The van der Waals surface area contributed by atoms with E-state index in [9.17, 15) is 24.2 Å². The Kier molecular flexibility index (Phi) is 42.6. The first kappa shape index (κ1) is 56.2. The van der Waals surface area contributed by atoms with E-state index < -0.39 is 26.5 Å². The summed E-state index contributed by atoms with van der Waals surface area (Å²) in [4.78, 5) is 34.0. The van der Waals surface area contributed by atoms with Crippen molar-refractivity contribution in [1.29, 1.82) is 0 Å².